The first kappa shape index (κ1) is 18.4. The molecule has 2 aromatic rings. The molecule has 1 aliphatic rings. The smallest absolute Gasteiger partial charge is 0.276 e. The van der Waals surface area contributed by atoms with Crippen molar-refractivity contribution in [3.63, 3.8) is 0 Å². The molecule has 138 valence electrons. The first-order chi connectivity index (χ1) is 12.9. The quantitative estimate of drug-likeness (QED) is 0.595. The Hall–Kier alpha value is -3.38. The van der Waals surface area contributed by atoms with Crippen LogP contribution in [-0.4, -0.2) is 26.7 Å². The zero-order valence-corrected chi connectivity index (χ0v) is 14.7. The van der Waals surface area contributed by atoms with Crippen molar-refractivity contribution in [3.05, 3.63) is 65.5 Å². The van der Waals surface area contributed by atoms with Crippen molar-refractivity contribution in [2.45, 2.75) is 4.90 Å². The summed E-state index contributed by atoms with van der Waals surface area (Å²) in [6.45, 7) is -0.305. The SMILES string of the molecule is N#Cc1ccc(OCC(=O)NNC2=CCS(=O)(=O)c3ccc(F)cc32)cc1. The van der Waals surface area contributed by atoms with E-state index >= 15 is 0 Å². The van der Waals surface area contributed by atoms with E-state index in [0.717, 1.165) is 12.1 Å². The van der Waals surface area contributed by atoms with Crippen LogP contribution in [0, 0.1) is 17.1 Å². The second-order valence-electron chi connectivity index (χ2n) is 5.64. The minimum atomic E-state index is -3.53. The van der Waals surface area contributed by atoms with E-state index in [1.54, 1.807) is 24.3 Å². The average Bonchev–Trinajstić information content (AvgIpc) is 2.66. The van der Waals surface area contributed by atoms with Crippen molar-refractivity contribution >= 4 is 21.4 Å². The highest BCUT2D eigenvalue weighted by Gasteiger charge is 2.25. The van der Waals surface area contributed by atoms with Crippen LogP contribution in [0.5, 0.6) is 5.75 Å². The summed E-state index contributed by atoms with van der Waals surface area (Å²) in [5, 5.41) is 8.73. The number of nitriles is 1. The van der Waals surface area contributed by atoms with Gasteiger partial charge in [0.25, 0.3) is 5.91 Å². The van der Waals surface area contributed by atoms with E-state index in [1.807, 2.05) is 6.07 Å². The molecule has 1 heterocycles. The van der Waals surface area contributed by atoms with E-state index in [2.05, 4.69) is 10.9 Å². The van der Waals surface area contributed by atoms with Crippen molar-refractivity contribution in [1.29, 1.82) is 5.26 Å². The van der Waals surface area contributed by atoms with Crippen molar-refractivity contribution in [2.24, 2.45) is 0 Å². The van der Waals surface area contributed by atoms with Crippen LogP contribution in [0.15, 0.2) is 53.4 Å². The highest BCUT2D eigenvalue weighted by molar-refractivity contribution is 7.91. The number of hydrogen-bond donors (Lipinski definition) is 2. The van der Waals surface area contributed by atoms with E-state index in [1.165, 1.54) is 12.1 Å². The van der Waals surface area contributed by atoms with Gasteiger partial charge in [0, 0.05) is 5.56 Å². The molecule has 0 atom stereocenters. The molecule has 7 nitrogen and oxygen atoms in total. The normalized spacial score (nSPS) is 14.3. The van der Waals surface area contributed by atoms with Crippen LogP contribution in [0.2, 0.25) is 0 Å². The molecule has 0 unspecified atom stereocenters. The minimum absolute atomic E-state index is 0.00279. The molecule has 0 bridgehead atoms. The third-order valence-electron chi connectivity index (χ3n) is 3.76. The van der Waals surface area contributed by atoms with Gasteiger partial charge in [-0.25, -0.2) is 12.8 Å². The Kier molecular flexibility index (Phi) is 5.09. The Labute approximate surface area is 155 Å². The van der Waals surface area contributed by atoms with E-state index in [0.29, 0.717) is 11.3 Å². The Morgan fingerprint density at radius 3 is 2.67 bits per heavy atom. The highest BCUT2D eigenvalue weighted by atomic mass is 32.2. The van der Waals surface area contributed by atoms with Gasteiger partial charge in [-0.2, -0.15) is 5.26 Å². The van der Waals surface area contributed by atoms with Crippen LogP contribution in [0.25, 0.3) is 5.70 Å². The van der Waals surface area contributed by atoms with Gasteiger partial charge in [-0.15, -0.1) is 0 Å². The Balaban J connectivity index is 1.61. The second kappa shape index (κ2) is 7.47. The number of carbonyl (C=O) groups is 1. The van der Waals surface area contributed by atoms with Gasteiger partial charge in [0.2, 0.25) is 0 Å². The first-order valence-corrected chi connectivity index (χ1v) is 9.45. The molecular formula is C18H14FN3O4S. The van der Waals surface area contributed by atoms with Gasteiger partial charge in [-0.1, -0.05) is 0 Å². The summed E-state index contributed by atoms with van der Waals surface area (Å²) in [4.78, 5) is 11.9. The van der Waals surface area contributed by atoms with E-state index in [4.69, 9.17) is 10.00 Å². The number of halogens is 1. The molecule has 1 aliphatic heterocycles. The predicted octanol–water partition coefficient (Wildman–Crippen LogP) is 1.53. The molecule has 2 aromatic carbocycles. The Morgan fingerprint density at radius 2 is 1.96 bits per heavy atom. The van der Waals surface area contributed by atoms with Crippen LogP contribution in [0.1, 0.15) is 11.1 Å². The minimum Gasteiger partial charge on any atom is -0.484 e. The number of benzene rings is 2. The predicted molar refractivity (Wildman–Crippen MR) is 94.4 cm³/mol. The van der Waals surface area contributed by atoms with Crippen LogP contribution in [0.4, 0.5) is 4.39 Å². The molecule has 1 amide bonds. The number of rotatable bonds is 5. The van der Waals surface area contributed by atoms with Gasteiger partial charge in [0.1, 0.15) is 11.6 Å². The van der Waals surface area contributed by atoms with Crippen molar-refractivity contribution in [1.82, 2.24) is 10.9 Å². The van der Waals surface area contributed by atoms with Crippen LogP contribution >= 0.6 is 0 Å². The molecule has 0 spiro atoms. The lowest BCUT2D eigenvalue weighted by atomic mass is 10.1. The summed E-state index contributed by atoms with van der Waals surface area (Å²) in [5.74, 6) is -0.953. The summed E-state index contributed by atoms with van der Waals surface area (Å²) < 4.78 is 42.9. The number of fused-ring (bicyclic) bond motifs is 1. The lowest BCUT2D eigenvalue weighted by Crippen LogP contribution is -2.40. The van der Waals surface area contributed by atoms with E-state index in [9.17, 15) is 17.6 Å². The summed E-state index contributed by atoms with van der Waals surface area (Å²) in [6, 6.07) is 11.6. The summed E-state index contributed by atoms with van der Waals surface area (Å²) in [7, 11) is -3.53. The molecule has 0 fully saturated rings. The summed E-state index contributed by atoms with van der Waals surface area (Å²) in [5.41, 5.74) is 5.89. The van der Waals surface area contributed by atoms with Crippen molar-refractivity contribution in [3.8, 4) is 11.8 Å². The van der Waals surface area contributed by atoms with Gasteiger partial charge >= 0.3 is 0 Å². The molecule has 0 saturated heterocycles. The number of ether oxygens (including phenoxy) is 1. The van der Waals surface area contributed by atoms with Crippen molar-refractivity contribution < 1.29 is 22.3 Å². The number of nitrogens with one attached hydrogen (secondary N) is 2. The number of sulfone groups is 1. The molecule has 0 aromatic heterocycles. The fourth-order valence-electron chi connectivity index (χ4n) is 2.44. The standard InChI is InChI=1S/C18H14FN3O4S/c19-13-3-6-17-15(9-13)16(7-8-27(17,24)25)21-22-18(23)11-26-14-4-1-12(10-20)2-5-14/h1-7,9,21H,8,11H2,(H,22,23). The van der Waals surface area contributed by atoms with Crippen molar-refractivity contribution in [2.75, 3.05) is 12.4 Å². The fraction of sp³-hybridized carbons (Fsp3) is 0.111. The molecule has 0 aliphatic carbocycles. The molecular weight excluding hydrogens is 373 g/mol. The zero-order chi connectivity index (χ0) is 19.4. The zero-order valence-electron chi connectivity index (χ0n) is 13.9. The largest absolute Gasteiger partial charge is 0.484 e. The third kappa shape index (κ3) is 4.24. The molecule has 9 heteroatoms. The Bertz CT molecular complexity index is 1060. The lowest BCUT2D eigenvalue weighted by Gasteiger charge is -2.20. The van der Waals surface area contributed by atoms with Crippen LogP contribution in [0.3, 0.4) is 0 Å². The molecule has 0 radical (unpaired) electrons. The lowest BCUT2D eigenvalue weighted by molar-refractivity contribution is -0.123. The number of amides is 1. The second-order valence-corrected chi connectivity index (χ2v) is 7.64. The summed E-state index contributed by atoms with van der Waals surface area (Å²) >= 11 is 0. The molecule has 27 heavy (non-hydrogen) atoms. The summed E-state index contributed by atoms with van der Waals surface area (Å²) in [6.07, 6.45) is 1.36. The number of nitrogens with zero attached hydrogens (tertiary/aromatic N) is 1. The monoisotopic (exact) mass is 387 g/mol. The van der Waals surface area contributed by atoms with Crippen LogP contribution in [-0.2, 0) is 14.6 Å². The van der Waals surface area contributed by atoms with Gasteiger partial charge in [0.05, 0.1) is 28.0 Å². The average molecular weight is 387 g/mol. The molecule has 2 N–H and O–H groups in total. The fourth-order valence-corrected chi connectivity index (χ4v) is 3.79. The third-order valence-corrected chi connectivity index (χ3v) is 5.40. The molecule has 0 saturated carbocycles. The molecule has 3 rings (SSSR count). The van der Waals surface area contributed by atoms with E-state index in [-0.39, 0.29) is 28.5 Å². The van der Waals surface area contributed by atoms with Gasteiger partial charge in [-0.05, 0) is 48.5 Å². The van der Waals surface area contributed by atoms with Gasteiger partial charge in [0.15, 0.2) is 16.4 Å². The van der Waals surface area contributed by atoms with Gasteiger partial charge < -0.3 is 4.74 Å². The maximum Gasteiger partial charge on any atom is 0.276 e. The number of hydrazine groups is 1. The maximum atomic E-state index is 13.5. The van der Waals surface area contributed by atoms with E-state index < -0.39 is 21.6 Å². The Morgan fingerprint density at radius 1 is 1.22 bits per heavy atom. The van der Waals surface area contributed by atoms with Crippen LogP contribution < -0.4 is 15.6 Å². The number of carbonyl (C=O) groups excluding carboxylic acids is 1. The maximum absolute atomic E-state index is 13.5. The van der Waals surface area contributed by atoms with Gasteiger partial charge in [-0.3, -0.25) is 15.6 Å². The highest BCUT2D eigenvalue weighted by Crippen LogP contribution is 2.28. The first-order valence-electron chi connectivity index (χ1n) is 7.80. The number of hydrogen-bond acceptors (Lipinski definition) is 6. The topological polar surface area (TPSA) is 108 Å².